The SMILES string of the molecule is C=C[C@H]1OC(C)(C)O[C@H]1[C@H]1CC[C@@H]([C@H](C)O)O1. The quantitative estimate of drug-likeness (QED) is 0.764. The fourth-order valence-electron chi connectivity index (χ4n) is 2.57. The molecule has 4 heteroatoms. The molecule has 98 valence electrons. The minimum atomic E-state index is -0.587. The minimum Gasteiger partial charge on any atom is -0.391 e. The molecule has 0 amide bonds. The van der Waals surface area contributed by atoms with Gasteiger partial charge in [-0.1, -0.05) is 6.08 Å². The van der Waals surface area contributed by atoms with E-state index in [1.807, 2.05) is 13.8 Å². The number of rotatable bonds is 3. The summed E-state index contributed by atoms with van der Waals surface area (Å²) in [5.74, 6) is -0.587. The molecule has 0 radical (unpaired) electrons. The van der Waals surface area contributed by atoms with E-state index in [9.17, 15) is 5.11 Å². The van der Waals surface area contributed by atoms with Gasteiger partial charge in [-0.25, -0.2) is 0 Å². The highest BCUT2D eigenvalue weighted by Crippen LogP contribution is 2.36. The predicted octanol–water partition coefficient (Wildman–Crippen LogP) is 1.62. The zero-order chi connectivity index (χ0) is 12.6. The molecule has 2 heterocycles. The highest BCUT2D eigenvalue weighted by atomic mass is 16.8. The van der Waals surface area contributed by atoms with Gasteiger partial charge >= 0.3 is 0 Å². The van der Waals surface area contributed by atoms with Crippen LogP contribution in [-0.2, 0) is 14.2 Å². The molecule has 2 aliphatic heterocycles. The number of aliphatic hydroxyl groups is 1. The molecule has 2 aliphatic rings. The normalized spacial score (nSPS) is 42.6. The first-order valence-electron chi connectivity index (χ1n) is 6.24. The highest BCUT2D eigenvalue weighted by Gasteiger charge is 2.46. The molecular formula is C13H22O4. The van der Waals surface area contributed by atoms with Crippen molar-refractivity contribution in [1.29, 1.82) is 0 Å². The summed E-state index contributed by atoms with van der Waals surface area (Å²) in [7, 11) is 0. The average Bonchev–Trinajstić information content (AvgIpc) is 2.81. The summed E-state index contributed by atoms with van der Waals surface area (Å²) in [4.78, 5) is 0. The molecule has 0 spiro atoms. The standard InChI is InChI=1S/C13H22O4/c1-5-9-12(17-13(3,4)16-9)11-7-6-10(15-11)8(2)14/h5,8-12,14H,1,6-7H2,2-4H3/t8-,9+,10-,11+,12+/m0/s1. The maximum Gasteiger partial charge on any atom is 0.164 e. The smallest absolute Gasteiger partial charge is 0.164 e. The summed E-state index contributed by atoms with van der Waals surface area (Å²) in [5, 5.41) is 9.52. The van der Waals surface area contributed by atoms with Gasteiger partial charge in [-0.2, -0.15) is 0 Å². The van der Waals surface area contributed by atoms with E-state index in [1.54, 1.807) is 13.0 Å². The lowest BCUT2D eigenvalue weighted by Gasteiger charge is -2.23. The maximum absolute atomic E-state index is 9.52. The van der Waals surface area contributed by atoms with Crippen LogP contribution in [0.3, 0.4) is 0 Å². The van der Waals surface area contributed by atoms with Crippen molar-refractivity contribution in [2.45, 2.75) is 69.9 Å². The Labute approximate surface area is 103 Å². The van der Waals surface area contributed by atoms with E-state index in [4.69, 9.17) is 14.2 Å². The predicted molar refractivity (Wildman–Crippen MR) is 63.6 cm³/mol. The number of hydrogen-bond acceptors (Lipinski definition) is 4. The second-order valence-corrected chi connectivity index (χ2v) is 5.33. The highest BCUT2D eigenvalue weighted by molar-refractivity contribution is 4.98. The van der Waals surface area contributed by atoms with Crippen LogP contribution in [0.15, 0.2) is 12.7 Å². The zero-order valence-electron chi connectivity index (χ0n) is 10.8. The van der Waals surface area contributed by atoms with Gasteiger partial charge in [0.2, 0.25) is 0 Å². The molecule has 0 aromatic rings. The zero-order valence-corrected chi connectivity index (χ0v) is 10.8. The maximum atomic E-state index is 9.52. The van der Waals surface area contributed by atoms with Crippen molar-refractivity contribution in [3.8, 4) is 0 Å². The van der Waals surface area contributed by atoms with Crippen molar-refractivity contribution in [3.05, 3.63) is 12.7 Å². The van der Waals surface area contributed by atoms with Gasteiger partial charge in [-0.15, -0.1) is 6.58 Å². The third-order valence-electron chi connectivity index (χ3n) is 3.39. The first-order valence-corrected chi connectivity index (χ1v) is 6.24. The van der Waals surface area contributed by atoms with Crippen molar-refractivity contribution < 1.29 is 19.3 Å². The Bertz CT molecular complexity index is 287. The number of hydrogen-bond donors (Lipinski definition) is 1. The molecule has 4 nitrogen and oxygen atoms in total. The molecule has 1 N–H and O–H groups in total. The molecule has 2 rings (SSSR count). The molecule has 0 bridgehead atoms. The van der Waals surface area contributed by atoms with E-state index in [2.05, 4.69) is 6.58 Å². The summed E-state index contributed by atoms with van der Waals surface area (Å²) in [6, 6.07) is 0. The molecule has 17 heavy (non-hydrogen) atoms. The molecule has 0 aromatic heterocycles. The fourth-order valence-corrected chi connectivity index (χ4v) is 2.57. The average molecular weight is 242 g/mol. The van der Waals surface area contributed by atoms with Crippen LogP contribution in [0.25, 0.3) is 0 Å². The van der Waals surface area contributed by atoms with Crippen LogP contribution in [0.2, 0.25) is 0 Å². The van der Waals surface area contributed by atoms with Crippen LogP contribution in [0.5, 0.6) is 0 Å². The Morgan fingerprint density at radius 2 is 2.06 bits per heavy atom. The van der Waals surface area contributed by atoms with Gasteiger partial charge in [-0.3, -0.25) is 0 Å². The first kappa shape index (κ1) is 13.0. The summed E-state index contributed by atoms with van der Waals surface area (Å²) < 4.78 is 17.4. The van der Waals surface area contributed by atoms with Gasteiger partial charge in [0, 0.05) is 0 Å². The Balaban J connectivity index is 2.01. The van der Waals surface area contributed by atoms with Crippen LogP contribution in [0.4, 0.5) is 0 Å². The Morgan fingerprint density at radius 3 is 2.59 bits per heavy atom. The van der Waals surface area contributed by atoms with E-state index in [-0.39, 0.29) is 24.4 Å². The Morgan fingerprint density at radius 1 is 1.35 bits per heavy atom. The van der Waals surface area contributed by atoms with Crippen LogP contribution in [0.1, 0.15) is 33.6 Å². The Hall–Kier alpha value is -0.420. The Kier molecular flexibility index (Phi) is 3.59. The number of aliphatic hydroxyl groups excluding tert-OH is 1. The molecule has 0 saturated carbocycles. The van der Waals surface area contributed by atoms with Gasteiger partial charge in [0.25, 0.3) is 0 Å². The molecule has 0 aromatic carbocycles. The third-order valence-corrected chi connectivity index (χ3v) is 3.39. The van der Waals surface area contributed by atoms with Crippen molar-refractivity contribution in [1.82, 2.24) is 0 Å². The van der Waals surface area contributed by atoms with Crippen LogP contribution < -0.4 is 0 Å². The summed E-state index contributed by atoms with van der Waals surface area (Å²) in [6.45, 7) is 9.32. The van der Waals surface area contributed by atoms with Crippen LogP contribution >= 0.6 is 0 Å². The van der Waals surface area contributed by atoms with E-state index in [0.717, 1.165) is 12.8 Å². The second-order valence-electron chi connectivity index (χ2n) is 5.33. The topological polar surface area (TPSA) is 47.9 Å². The lowest BCUT2D eigenvalue weighted by molar-refractivity contribution is -0.159. The van der Waals surface area contributed by atoms with Gasteiger partial charge in [0.1, 0.15) is 12.2 Å². The van der Waals surface area contributed by atoms with Crippen molar-refractivity contribution in [3.63, 3.8) is 0 Å². The minimum absolute atomic E-state index is 0.0145. The van der Waals surface area contributed by atoms with Gasteiger partial charge in [0.05, 0.1) is 18.3 Å². The van der Waals surface area contributed by atoms with E-state index < -0.39 is 11.9 Å². The molecule has 5 atom stereocenters. The van der Waals surface area contributed by atoms with E-state index in [0.29, 0.717) is 0 Å². The molecular weight excluding hydrogens is 220 g/mol. The summed E-state index contributed by atoms with van der Waals surface area (Å²) in [6.07, 6.45) is 2.73. The van der Waals surface area contributed by atoms with Crippen LogP contribution in [0, 0.1) is 0 Å². The third kappa shape index (κ3) is 2.71. The fraction of sp³-hybridized carbons (Fsp3) is 0.846. The molecule has 0 aliphatic carbocycles. The monoisotopic (exact) mass is 242 g/mol. The van der Waals surface area contributed by atoms with E-state index in [1.165, 1.54) is 0 Å². The largest absolute Gasteiger partial charge is 0.391 e. The summed E-state index contributed by atoms with van der Waals surface area (Å²) in [5.41, 5.74) is 0. The van der Waals surface area contributed by atoms with Gasteiger partial charge in [-0.05, 0) is 33.6 Å². The first-order chi connectivity index (χ1) is 7.93. The summed E-state index contributed by atoms with van der Waals surface area (Å²) >= 11 is 0. The van der Waals surface area contributed by atoms with Crippen molar-refractivity contribution in [2.24, 2.45) is 0 Å². The lowest BCUT2D eigenvalue weighted by atomic mass is 10.0. The molecule has 2 fully saturated rings. The van der Waals surface area contributed by atoms with Gasteiger partial charge < -0.3 is 19.3 Å². The van der Waals surface area contributed by atoms with E-state index >= 15 is 0 Å². The molecule has 0 unspecified atom stereocenters. The lowest BCUT2D eigenvalue weighted by Crippen LogP contribution is -2.36. The van der Waals surface area contributed by atoms with Gasteiger partial charge in [0.15, 0.2) is 5.79 Å². The second kappa shape index (κ2) is 4.69. The van der Waals surface area contributed by atoms with Crippen molar-refractivity contribution in [2.75, 3.05) is 0 Å². The van der Waals surface area contributed by atoms with Crippen LogP contribution in [-0.4, -0.2) is 41.4 Å². The molecule has 2 saturated heterocycles. The van der Waals surface area contributed by atoms with Crippen molar-refractivity contribution >= 4 is 0 Å². The number of ether oxygens (including phenoxy) is 3.